The third kappa shape index (κ3) is 3.78. The lowest BCUT2D eigenvalue weighted by Crippen LogP contribution is -2.35. The van der Waals surface area contributed by atoms with E-state index >= 15 is 0 Å². The second-order valence-electron chi connectivity index (χ2n) is 4.64. The zero-order chi connectivity index (χ0) is 12.7. The molecule has 2 nitrogen and oxygen atoms in total. The highest BCUT2D eigenvalue weighted by atomic mass is 15.0. The van der Waals surface area contributed by atoms with Crippen molar-refractivity contribution in [2.24, 2.45) is 0 Å². The van der Waals surface area contributed by atoms with Gasteiger partial charge in [-0.25, -0.2) is 0 Å². The van der Waals surface area contributed by atoms with Crippen LogP contribution < -0.4 is 5.32 Å². The fourth-order valence-electron chi connectivity index (χ4n) is 1.88. The Kier molecular flexibility index (Phi) is 5.03. The van der Waals surface area contributed by atoms with Crippen LogP contribution in [0.15, 0.2) is 24.3 Å². The van der Waals surface area contributed by atoms with Crippen LogP contribution in [0.1, 0.15) is 45.1 Å². The van der Waals surface area contributed by atoms with Crippen LogP contribution in [0.4, 0.5) is 5.69 Å². The minimum absolute atomic E-state index is 0.411. The summed E-state index contributed by atoms with van der Waals surface area (Å²) >= 11 is 0. The molecule has 1 unspecified atom stereocenters. The number of benzene rings is 1. The van der Waals surface area contributed by atoms with Crippen LogP contribution in [0.25, 0.3) is 0 Å². The summed E-state index contributed by atoms with van der Waals surface area (Å²) in [7, 11) is 0. The maximum absolute atomic E-state index is 9.41. The van der Waals surface area contributed by atoms with Crippen LogP contribution >= 0.6 is 0 Å². The Morgan fingerprint density at radius 2 is 1.88 bits per heavy atom. The van der Waals surface area contributed by atoms with Crippen molar-refractivity contribution in [3.63, 3.8) is 0 Å². The van der Waals surface area contributed by atoms with Gasteiger partial charge in [0.1, 0.15) is 5.54 Å². The third-order valence-corrected chi connectivity index (χ3v) is 3.21. The zero-order valence-corrected chi connectivity index (χ0v) is 11.1. The fourth-order valence-corrected chi connectivity index (χ4v) is 1.88. The lowest BCUT2D eigenvalue weighted by atomic mass is 9.91. The molecule has 0 aromatic heterocycles. The molecule has 17 heavy (non-hydrogen) atoms. The molecule has 1 aromatic rings. The van der Waals surface area contributed by atoms with Gasteiger partial charge in [-0.1, -0.05) is 44.4 Å². The highest BCUT2D eigenvalue weighted by Gasteiger charge is 2.26. The average molecular weight is 230 g/mol. The molecule has 0 saturated heterocycles. The third-order valence-electron chi connectivity index (χ3n) is 3.21. The average Bonchev–Trinajstić information content (AvgIpc) is 2.37. The molecule has 92 valence electrons. The lowest BCUT2D eigenvalue weighted by Gasteiger charge is -2.27. The SMILES string of the molecule is CCCCC(C#N)(CC)Nc1ccc(C)cc1. The number of aryl methyl sites for hydroxylation is 1. The van der Waals surface area contributed by atoms with Crippen molar-refractivity contribution in [1.29, 1.82) is 5.26 Å². The Morgan fingerprint density at radius 3 is 2.35 bits per heavy atom. The molecule has 1 rings (SSSR count). The minimum Gasteiger partial charge on any atom is -0.367 e. The van der Waals surface area contributed by atoms with E-state index < -0.39 is 5.54 Å². The van der Waals surface area contributed by atoms with Gasteiger partial charge in [-0.05, 0) is 31.9 Å². The normalized spacial score (nSPS) is 13.8. The molecule has 0 fully saturated rings. The fraction of sp³-hybridized carbons (Fsp3) is 0.533. The summed E-state index contributed by atoms with van der Waals surface area (Å²) in [5, 5.41) is 12.8. The minimum atomic E-state index is -0.411. The van der Waals surface area contributed by atoms with Gasteiger partial charge in [0.15, 0.2) is 0 Å². The molecule has 0 saturated carbocycles. The molecule has 1 aromatic carbocycles. The van der Waals surface area contributed by atoms with Crippen molar-refractivity contribution >= 4 is 5.69 Å². The second-order valence-corrected chi connectivity index (χ2v) is 4.64. The highest BCUT2D eigenvalue weighted by Crippen LogP contribution is 2.24. The van der Waals surface area contributed by atoms with E-state index in [-0.39, 0.29) is 0 Å². The maximum Gasteiger partial charge on any atom is 0.125 e. The van der Waals surface area contributed by atoms with Crippen LogP contribution in [0, 0.1) is 18.3 Å². The number of nitrogens with one attached hydrogen (secondary N) is 1. The van der Waals surface area contributed by atoms with Crippen molar-refractivity contribution in [3.8, 4) is 6.07 Å². The number of hydrogen-bond acceptors (Lipinski definition) is 2. The van der Waals surface area contributed by atoms with Gasteiger partial charge in [0, 0.05) is 5.69 Å². The largest absolute Gasteiger partial charge is 0.367 e. The summed E-state index contributed by atoms with van der Waals surface area (Å²) in [5.74, 6) is 0. The molecule has 2 heteroatoms. The number of anilines is 1. The van der Waals surface area contributed by atoms with Crippen molar-refractivity contribution in [2.75, 3.05) is 5.32 Å². The van der Waals surface area contributed by atoms with Gasteiger partial charge < -0.3 is 5.32 Å². The van der Waals surface area contributed by atoms with E-state index in [1.54, 1.807) is 0 Å². The van der Waals surface area contributed by atoms with Gasteiger partial charge in [-0.2, -0.15) is 5.26 Å². The number of hydrogen-bond donors (Lipinski definition) is 1. The molecule has 1 N–H and O–H groups in total. The highest BCUT2D eigenvalue weighted by molar-refractivity contribution is 5.48. The van der Waals surface area contributed by atoms with Gasteiger partial charge in [0.25, 0.3) is 0 Å². The molecule has 0 spiro atoms. The maximum atomic E-state index is 9.41. The first-order valence-electron chi connectivity index (χ1n) is 6.42. The molecular weight excluding hydrogens is 208 g/mol. The Bertz CT molecular complexity index is 375. The van der Waals surface area contributed by atoms with Crippen molar-refractivity contribution < 1.29 is 0 Å². The van der Waals surface area contributed by atoms with E-state index in [9.17, 15) is 5.26 Å². The number of unbranched alkanes of at least 4 members (excludes halogenated alkanes) is 1. The van der Waals surface area contributed by atoms with Crippen LogP contribution in [-0.2, 0) is 0 Å². The predicted octanol–water partition coefficient (Wildman–Crippen LogP) is 4.27. The van der Waals surface area contributed by atoms with Crippen LogP contribution in [0.3, 0.4) is 0 Å². The molecule has 0 heterocycles. The summed E-state index contributed by atoms with van der Waals surface area (Å²) in [6, 6.07) is 10.7. The molecule has 0 aliphatic rings. The summed E-state index contributed by atoms with van der Waals surface area (Å²) in [6.07, 6.45) is 3.95. The van der Waals surface area contributed by atoms with E-state index in [1.807, 2.05) is 12.1 Å². The Labute approximate surface area is 105 Å². The molecule has 1 atom stereocenters. The van der Waals surface area contributed by atoms with E-state index in [0.717, 1.165) is 31.4 Å². The van der Waals surface area contributed by atoms with E-state index in [4.69, 9.17) is 0 Å². The van der Waals surface area contributed by atoms with E-state index in [1.165, 1.54) is 5.56 Å². The first-order valence-corrected chi connectivity index (χ1v) is 6.42. The van der Waals surface area contributed by atoms with Crippen LogP contribution in [0.2, 0.25) is 0 Å². The molecule has 0 amide bonds. The van der Waals surface area contributed by atoms with E-state index in [2.05, 4.69) is 44.3 Å². The van der Waals surface area contributed by atoms with Crippen LogP contribution in [-0.4, -0.2) is 5.54 Å². The van der Waals surface area contributed by atoms with Gasteiger partial charge >= 0.3 is 0 Å². The van der Waals surface area contributed by atoms with Gasteiger partial charge in [-0.15, -0.1) is 0 Å². The Balaban J connectivity index is 2.79. The first-order chi connectivity index (χ1) is 8.15. The van der Waals surface area contributed by atoms with Gasteiger partial charge in [0.05, 0.1) is 6.07 Å². The molecule has 0 aliphatic heterocycles. The monoisotopic (exact) mass is 230 g/mol. The van der Waals surface area contributed by atoms with Crippen molar-refractivity contribution in [3.05, 3.63) is 29.8 Å². The zero-order valence-electron chi connectivity index (χ0n) is 11.1. The van der Waals surface area contributed by atoms with E-state index in [0.29, 0.717) is 0 Å². The summed E-state index contributed by atoms with van der Waals surface area (Å²) < 4.78 is 0. The lowest BCUT2D eigenvalue weighted by molar-refractivity contribution is 0.497. The van der Waals surface area contributed by atoms with Gasteiger partial charge in [0.2, 0.25) is 0 Å². The molecule has 0 aliphatic carbocycles. The van der Waals surface area contributed by atoms with Gasteiger partial charge in [-0.3, -0.25) is 0 Å². The predicted molar refractivity (Wildman–Crippen MR) is 73.0 cm³/mol. The topological polar surface area (TPSA) is 35.8 Å². The van der Waals surface area contributed by atoms with Crippen LogP contribution in [0.5, 0.6) is 0 Å². The molecule has 0 bridgehead atoms. The second kappa shape index (κ2) is 6.30. The number of nitriles is 1. The quantitative estimate of drug-likeness (QED) is 0.792. The standard InChI is InChI=1S/C15H22N2/c1-4-6-11-15(5-2,12-16)17-14-9-7-13(3)8-10-14/h7-10,17H,4-6,11H2,1-3H3. The van der Waals surface area contributed by atoms with Crippen molar-refractivity contribution in [1.82, 2.24) is 0 Å². The van der Waals surface area contributed by atoms with Crippen molar-refractivity contribution in [2.45, 2.75) is 52.0 Å². The summed E-state index contributed by atoms with van der Waals surface area (Å²) in [5.41, 5.74) is 1.86. The Hall–Kier alpha value is -1.49. The number of rotatable bonds is 6. The smallest absolute Gasteiger partial charge is 0.125 e. The first kappa shape index (κ1) is 13.6. The summed E-state index contributed by atoms with van der Waals surface area (Å²) in [6.45, 7) is 6.29. The Morgan fingerprint density at radius 1 is 1.24 bits per heavy atom. The summed E-state index contributed by atoms with van der Waals surface area (Å²) in [4.78, 5) is 0. The molecule has 0 radical (unpaired) electrons. The molecular formula is C15H22N2. The number of nitrogens with zero attached hydrogens (tertiary/aromatic N) is 1.